The molecule has 4 N–H and O–H groups in total. The number of nitrogens with one attached hydrogen (secondary N) is 1. The summed E-state index contributed by atoms with van der Waals surface area (Å²) in [5.41, 5.74) is 5.80. The third-order valence-corrected chi connectivity index (χ3v) is 2.83. The van der Waals surface area contributed by atoms with Crippen molar-refractivity contribution < 1.29 is 9.90 Å². The summed E-state index contributed by atoms with van der Waals surface area (Å²) in [5, 5.41) is 12.2. The maximum Gasteiger partial charge on any atom is 0.224 e. The summed E-state index contributed by atoms with van der Waals surface area (Å²) < 4.78 is 0.814. The first-order chi connectivity index (χ1) is 8.13. The van der Waals surface area contributed by atoms with Crippen LogP contribution in [0.4, 0.5) is 5.69 Å². The highest BCUT2D eigenvalue weighted by Gasteiger charge is 2.06. The van der Waals surface area contributed by atoms with E-state index in [1.165, 1.54) is 6.07 Å². The van der Waals surface area contributed by atoms with E-state index in [-0.39, 0.29) is 11.7 Å². The van der Waals surface area contributed by atoms with Gasteiger partial charge in [-0.25, -0.2) is 0 Å². The number of nitrogens with two attached hydrogens (primary N) is 1. The van der Waals surface area contributed by atoms with Gasteiger partial charge in [-0.3, -0.25) is 4.79 Å². The monoisotopic (exact) mass is 300 g/mol. The molecular weight excluding hydrogens is 284 g/mol. The van der Waals surface area contributed by atoms with Crippen molar-refractivity contribution in [2.24, 2.45) is 5.73 Å². The summed E-state index contributed by atoms with van der Waals surface area (Å²) in [4.78, 5) is 11.6. The predicted molar refractivity (Wildman–Crippen MR) is 72.0 cm³/mol. The number of phenols is 1. The fraction of sp³-hybridized carbons (Fsp3) is 0.417. The molecule has 0 aliphatic heterocycles. The van der Waals surface area contributed by atoms with Crippen LogP contribution in [-0.4, -0.2) is 17.6 Å². The molecule has 17 heavy (non-hydrogen) atoms. The molecule has 1 rings (SSSR count). The Kier molecular flexibility index (Phi) is 6.00. The molecule has 0 fully saturated rings. The van der Waals surface area contributed by atoms with Crippen LogP contribution in [0.2, 0.25) is 0 Å². The molecule has 94 valence electrons. The average molecular weight is 301 g/mol. The Bertz CT molecular complexity index is 383. The van der Waals surface area contributed by atoms with Gasteiger partial charge in [0.15, 0.2) is 0 Å². The highest BCUT2D eigenvalue weighted by atomic mass is 79.9. The smallest absolute Gasteiger partial charge is 0.224 e. The summed E-state index contributed by atoms with van der Waals surface area (Å²) in [6.07, 6.45) is 3.16. The van der Waals surface area contributed by atoms with E-state index in [0.717, 1.165) is 23.7 Å². The van der Waals surface area contributed by atoms with Crippen molar-refractivity contribution in [3.63, 3.8) is 0 Å². The van der Waals surface area contributed by atoms with Gasteiger partial charge < -0.3 is 16.2 Å². The molecule has 0 spiro atoms. The van der Waals surface area contributed by atoms with Gasteiger partial charge in [0.1, 0.15) is 5.75 Å². The van der Waals surface area contributed by atoms with Crippen LogP contribution in [-0.2, 0) is 4.79 Å². The fourth-order valence-electron chi connectivity index (χ4n) is 1.43. The van der Waals surface area contributed by atoms with Crippen molar-refractivity contribution in [1.29, 1.82) is 0 Å². The number of amides is 1. The second-order valence-corrected chi connectivity index (χ2v) is 4.72. The van der Waals surface area contributed by atoms with Crippen LogP contribution in [0.1, 0.15) is 25.7 Å². The van der Waals surface area contributed by atoms with E-state index in [4.69, 9.17) is 5.73 Å². The quantitative estimate of drug-likeness (QED) is 0.558. The van der Waals surface area contributed by atoms with E-state index in [9.17, 15) is 9.90 Å². The average Bonchev–Trinajstić information content (AvgIpc) is 2.29. The standard InChI is InChI=1S/C12H17BrN2O2/c13-9-5-6-11(16)10(8-9)15-12(17)4-2-1-3-7-14/h5-6,8,16H,1-4,7,14H2,(H,15,17). The van der Waals surface area contributed by atoms with E-state index in [1.807, 2.05) is 0 Å². The number of carbonyl (C=O) groups excluding carboxylic acids is 1. The molecule has 0 bridgehead atoms. The number of aromatic hydroxyl groups is 1. The van der Waals surface area contributed by atoms with Crippen molar-refractivity contribution >= 4 is 27.5 Å². The summed E-state index contributed by atoms with van der Waals surface area (Å²) in [7, 11) is 0. The van der Waals surface area contributed by atoms with Gasteiger partial charge in [-0.15, -0.1) is 0 Å². The topological polar surface area (TPSA) is 75.4 Å². The number of phenolic OH excluding ortho intramolecular Hbond substituents is 1. The van der Waals surface area contributed by atoms with Crippen LogP contribution in [0.15, 0.2) is 22.7 Å². The lowest BCUT2D eigenvalue weighted by Gasteiger charge is -2.07. The van der Waals surface area contributed by atoms with Crippen LogP contribution in [0.5, 0.6) is 5.75 Å². The minimum absolute atomic E-state index is 0.0727. The van der Waals surface area contributed by atoms with Crippen LogP contribution < -0.4 is 11.1 Å². The van der Waals surface area contributed by atoms with Crippen LogP contribution in [0.3, 0.4) is 0 Å². The molecule has 0 atom stereocenters. The van der Waals surface area contributed by atoms with Gasteiger partial charge in [0, 0.05) is 10.9 Å². The largest absolute Gasteiger partial charge is 0.506 e. The molecule has 1 aromatic rings. The zero-order valence-corrected chi connectivity index (χ0v) is 11.2. The summed E-state index contributed by atoms with van der Waals surface area (Å²) in [6.45, 7) is 0.661. The molecule has 0 aliphatic rings. The number of benzene rings is 1. The SMILES string of the molecule is NCCCCCC(=O)Nc1cc(Br)ccc1O. The number of carbonyl (C=O) groups is 1. The van der Waals surface area contributed by atoms with Gasteiger partial charge in [-0.1, -0.05) is 22.4 Å². The Morgan fingerprint density at radius 3 is 2.82 bits per heavy atom. The molecule has 4 nitrogen and oxygen atoms in total. The molecule has 0 saturated heterocycles. The zero-order valence-electron chi connectivity index (χ0n) is 9.58. The van der Waals surface area contributed by atoms with Gasteiger partial charge in [-0.05, 0) is 37.6 Å². The number of hydrogen-bond acceptors (Lipinski definition) is 3. The first kappa shape index (κ1) is 14.0. The number of rotatable bonds is 6. The molecule has 0 aliphatic carbocycles. The number of hydrogen-bond donors (Lipinski definition) is 3. The third-order valence-electron chi connectivity index (χ3n) is 2.34. The van der Waals surface area contributed by atoms with Crippen molar-refractivity contribution in [2.45, 2.75) is 25.7 Å². The molecule has 0 unspecified atom stereocenters. The highest BCUT2D eigenvalue weighted by Crippen LogP contribution is 2.26. The van der Waals surface area contributed by atoms with E-state index >= 15 is 0 Å². The molecular formula is C12H17BrN2O2. The normalized spacial score (nSPS) is 10.2. The van der Waals surface area contributed by atoms with Crippen molar-refractivity contribution in [1.82, 2.24) is 0 Å². The summed E-state index contributed by atoms with van der Waals surface area (Å²) >= 11 is 3.28. The predicted octanol–water partition coefficient (Wildman–Crippen LogP) is 2.61. The highest BCUT2D eigenvalue weighted by molar-refractivity contribution is 9.10. The fourth-order valence-corrected chi connectivity index (χ4v) is 1.79. The molecule has 1 aromatic carbocycles. The van der Waals surface area contributed by atoms with Gasteiger partial charge in [-0.2, -0.15) is 0 Å². The number of anilines is 1. The molecule has 0 heterocycles. The van der Waals surface area contributed by atoms with Gasteiger partial charge >= 0.3 is 0 Å². The second kappa shape index (κ2) is 7.29. The minimum atomic E-state index is -0.0876. The van der Waals surface area contributed by atoms with E-state index in [0.29, 0.717) is 18.7 Å². The lowest BCUT2D eigenvalue weighted by Crippen LogP contribution is -2.11. The maximum atomic E-state index is 11.6. The minimum Gasteiger partial charge on any atom is -0.506 e. The Balaban J connectivity index is 2.42. The number of unbranched alkanes of at least 4 members (excludes halogenated alkanes) is 2. The first-order valence-corrected chi connectivity index (χ1v) is 6.41. The molecule has 1 amide bonds. The molecule has 5 heteroatoms. The summed E-state index contributed by atoms with van der Waals surface area (Å²) in [5.74, 6) is -0.0149. The van der Waals surface area contributed by atoms with Crippen molar-refractivity contribution in [3.05, 3.63) is 22.7 Å². The Morgan fingerprint density at radius 2 is 2.12 bits per heavy atom. The second-order valence-electron chi connectivity index (χ2n) is 3.81. The Hall–Kier alpha value is -1.07. The maximum absolute atomic E-state index is 11.6. The van der Waals surface area contributed by atoms with Crippen molar-refractivity contribution in [2.75, 3.05) is 11.9 Å². The Labute approximate surface area is 109 Å². The van der Waals surface area contributed by atoms with E-state index in [2.05, 4.69) is 21.2 Å². The lowest BCUT2D eigenvalue weighted by atomic mass is 10.2. The molecule has 0 saturated carbocycles. The molecule has 0 aromatic heterocycles. The third kappa shape index (κ3) is 5.19. The zero-order chi connectivity index (χ0) is 12.7. The first-order valence-electron chi connectivity index (χ1n) is 5.62. The molecule has 0 radical (unpaired) electrons. The van der Waals surface area contributed by atoms with Crippen LogP contribution in [0.25, 0.3) is 0 Å². The van der Waals surface area contributed by atoms with Crippen molar-refractivity contribution in [3.8, 4) is 5.75 Å². The number of halogens is 1. The van der Waals surface area contributed by atoms with Gasteiger partial charge in [0.25, 0.3) is 0 Å². The van der Waals surface area contributed by atoms with Crippen LogP contribution >= 0.6 is 15.9 Å². The van der Waals surface area contributed by atoms with E-state index < -0.39 is 0 Å². The van der Waals surface area contributed by atoms with Gasteiger partial charge in [0.2, 0.25) is 5.91 Å². The van der Waals surface area contributed by atoms with Gasteiger partial charge in [0.05, 0.1) is 5.69 Å². The lowest BCUT2D eigenvalue weighted by molar-refractivity contribution is -0.116. The van der Waals surface area contributed by atoms with E-state index in [1.54, 1.807) is 12.1 Å². The Morgan fingerprint density at radius 1 is 1.35 bits per heavy atom. The summed E-state index contributed by atoms with van der Waals surface area (Å²) in [6, 6.07) is 4.92. The van der Waals surface area contributed by atoms with Crippen LogP contribution in [0, 0.1) is 0 Å².